The lowest BCUT2D eigenvalue weighted by molar-refractivity contribution is 0.1000. The minimum Gasteiger partial charge on any atom is -0.394 e. The molecule has 2 heterocycles. The van der Waals surface area contributed by atoms with Crippen molar-refractivity contribution < 1.29 is 9.50 Å². The number of halogens is 1. The van der Waals surface area contributed by atoms with Crippen LogP contribution in [0.1, 0.15) is 19.3 Å². The average molecular weight is 171 g/mol. The molecule has 2 saturated heterocycles. The fourth-order valence-corrected chi connectivity index (χ4v) is 2.47. The molecule has 2 rings (SSSR count). The van der Waals surface area contributed by atoms with Crippen LogP contribution in [-0.2, 0) is 0 Å². The normalized spacial score (nSPS) is 39.3. The van der Waals surface area contributed by atoms with Crippen molar-refractivity contribution in [3.63, 3.8) is 0 Å². The van der Waals surface area contributed by atoms with Gasteiger partial charge >= 0.3 is 0 Å². The third kappa shape index (κ3) is 1.00. The third-order valence-electron chi connectivity index (χ3n) is 3.14. The van der Waals surface area contributed by atoms with E-state index in [1.165, 1.54) is 0 Å². The standard InChI is InChI=1S/C9H14FNO/c10-5-8-4-9(7-12)2-1-3-11(9)6-8/h5,12H,1-4,6-7H2. The Labute approximate surface area is 71.7 Å². The van der Waals surface area contributed by atoms with Gasteiger partial charge in [0.1, 0.15) is 0 Å². The molecule has 2 aliphatic heterocycles. The van der Waals surface area contributed by atoms with Crippen molar-refractivity contribution in [1.29, 1.82) is 0 Å². The Balaban J connectivity index is 2.20. The molecule has 0 aromatic heterocycles. The summed E-state index contributed by atoms with van der Waals surface area (Å²) in [7, 11) is 0. The zero-order valence-corrected chi connectivity index (χ0v) is 7.09. The summed E-state index contributed by atoms with van der Waals surface area (Å²) >= 11 is 0. The highest BCUT2D eigenvalue weighted by Crippen LogP contribution is 2.40. The van der Waals surface area contributed by atoms with Crippen LogP contribution in [0.2, 0.25) is 0 Å². The highest BCUT2D eigenvalue weighted by atomic mass is 19.1. The van der Waals surface area contributed by atoms with Crippen LogP contribution < -0.4 is 0 Å². The van der Waals surface area contributed by atoms with E-state index in [-0.39, 0.29) is 12.1 Å². The van der Waals surface area contributed by atoms with Crippen LogP contribution in [-0.4, -0.2) is 35.2 Å². The summed E-state index contributed by atoms with van der Waals surface area (Å²) in [6.45, 7) is 1.90. The molecular formula is C9H14FNO. The van der Waals surface area contributed by atoms with E-state index in [4.69, 9.17) is 0 Å². The van der Waals surface area contributed by atoms with Gasteiger partial charge in [0, 0.05) is 12.1 Å². The minimum atomic E-state index is -0.0993. The van der Waals surface area contributed by atoms with E-state index in [0.29, 0.717) is 6.33 Å². The molecule has 12 heavy (non-hydrogen) atoms. The first-order valence-electron chi connectivity index (χ1n) is 4.45. The Kier molecular flexibility index (Phi) is 1.93. The maximum absolute atomic E-state index is 12.2. The highest BCUT2D eigenvalue weighted by Gasteiger charge is 2.45. The van der Waals surface area contributed by atoms with Gasteiger partial charge < -0.3 is 5.11 Å². The molecule has 0 aromatic carbocycles. The zero-order chi connectivity index (χ0) is 8.60. The van der Waals surface area contributed by atoms with Gasteiger partial charge in [0.2, 0.25) is 0 Å². The molecule has 0 saturated carbocycles. The summed E-state index contributed by atoms with van der Waals surface area (Å²) in [5.74, 6) is 0. The summed E-state index contributed by atoms with van der Waals surface area (Å²) in [6, 6.07) is 0. The van der Waals surface area contributed by atoms with Crippen LogP contribution in [0.4, 0.5) is 4.39 Å². The fraction of sp³-hybridized carbons (Fsp3) is 0.778. The molecule has 2 fully saturated rings. The molecule has 0 radical (unpaired) electrons. The first kappa shape index (κ1) is 8.20. The van der Waals surface area contributed by atoms with Crippen LogP contribution >= 0.6 is 0 Å². The van der Waals surface area contributed by atoms with Gasteiger partial charge in [0.15, 0.2) is 0 Å². The van der Waals surface area contributed by atoms with Crippen molar-refractivity contribution in [3.05, 3.63) is 11.9 Å². The third-order valence-corrected chi connectivity index (χ3v) is 3.14. The lowest BCUT2D eigenvalue weighted by Gasteiger charge is -2.28. The van der Waals surface area contributed by atoms with Crippen molar-refractivity contribution in [2.24, 2.45) is 0 Å². The second-order valence-corrected chi connectivity index (χ2v) is 3.85. The summed E-state index contributed by atoms with van der Waals surface area (Å²) < 4.78 is 12.2. The van der Waals surface area contributed by atoms with Crippen LogP contribution in [0.25, 0.3) is 0 Å². The molecule has 68 valence electrons. The predicted molar refractivity (Wildman–Crippen MR) is 44.4 cm³/mol. The summed E-state index contributed by atoms with van der Waals surface area (Å²) in [6.07, 6.45) is 3.58. The molecule has 2 aliphatic rings. The largest absolute Gasteiger partial charge is 0.394 e. The van der Waals surface area contributed by atoms with E-state index >= 15 is 0 Å². The molecular weight excluding hydrogens is 157 g/mol. The number of fused-ring (bicyclic) bond motifs is 1. The second kappa shape index (κ2) is 2.82. The molecule has 0 amide bonds. The van der Waals surface area contributed by atoms with Crippen LogP contribution in [0.3, 0.4) is 0 Å². The Bertz CT molecular complexity index is 217. The Morgan fingerprint density at radius 3 is 3.08 bits per heavy atom. The lowest BCUT2D eigenvalue weighted by Crippen LogP contribution is -2.41. The molecule has 2 nitrogen and oxygen atoms in total. The molecule has 0 aliphatic carbocycles. The summed E-state index contributed by atoms with van der Waals surface area (Å²) in [5, 5.41) is 9.25. The SMILES string of the molecule is OCC12CCCN1CC(=CF)C2. The van der Waals surface area contributed by atoms with Gasteiger partial charge in [-0.3, -0.25) is 4.90 Å². The molecule has 1 N–H and O–H groups in total. The molecule has 0 aromatic rings. The Hall–Kier alpha value is -0.410. The smallest absolute Gasteiger partial charge is 0.0872 e. The van der Waals surface area contributed by atoms with Gasteiger partial charge in [-0.05, 0) is 31.4 Å². The van der Waals surface area contributed by atoms with E-state index in [1.807, 2.05) is 0 Å². The highest BCUT2D eigenvalue weighted by molar-refractivity contribution is 5.18. The Morgan fingerprint density at radius 2 is 2.50 bits per heavy atom. The van der Waals surface area contributed by atoms with Crippen LogP contribution in [0.5, 0.6) is 0 Å². The van der Waals surface area contributed by atoms with Crippen molar-refractivity contribution in [3.8, 4) is 0 Å². The maximum atomic E-state index is 12.2. The van der Waals surface area contributed by atoms with E-state index < -0.39 is 0 Å². The molecule has 1 atom stereocenters. The number of aliphatic hydroxyl groups excluding tert-OH is 1. The number of nitrogens with zero attached hydrogens (tertiary/aromatic N) is 1. The summed E-state index contributed by atoms with van der Waals surface area (Å²) in [4.78, 5) is 2.21. The predicted octanol–water partition coefficient (Wildman–Crippen LogP) is 1.07. The van der Waals surface area contributed by atoms with Crippen molar-refractivity contribution in [1.82, 2.24) is 4.90 Å². The molecule has 0 bridgehead atoms. The van der Waals surface area contributed by atoms with E-state index in [9.17, 15) is 9.50 Å². The molecule has 0 spiro atoms. The number of rotatable bonds is 1. The van der Waals surface area contributed by atoms with Gasteiger partial charge in [-0.2, -0.15) is 0 Å². The first-order valence-corrected chi connectivity index (χ1v) is 4.45. The van der Waals surface area contributed by atoms with Crippen molar-refractivity contribution in [2.75, 3.05) is 19.7 Å². The first-order chi connectivity index (χ1) is 5.80. The topological polar surface area (TPSA) is 23.5 Å². The van der Waals surface area contributed by atoms with Crippen LogP contribution in [0.15, 0.2) is 11.9 Å². The van der Waals surface area contributed by atoms with Gasteiger partial charge in [-0.25, -0.2) is 4.39 Å². The average Bonchev–Trinajstić information content (AvgIpc) is 2.58. The fourth-order valence-electron chi connectivity index (χ4n) is 2.47. The maximum Gasteiger partial charge on any atom is 0.0872 e. The quantitative estimate of drug-likeness (QED) is 0.638. The number of hydrogen-bond acceptors (Lipinski definition) is 2. The Morgan fingerprint density at radius 1 is 1.67 bits per heavy atom. The van der Waals surface area contributed by atoms with E-state index in [0.717, 1.165) is 37.9 Å². The van der Waals surface area contributed by atoms with Gasteiger partial charge in [-0.15, -0.1) is 0 Å². The molecule has 3 heteroatoms. The second-order valence-electron chi connectivity index (χ2n) is 3.85. The summed E-state index contributed by atoms with van der Waals surface area (Å²) in [5.41, 5.74) is 0.738. The van der Waals surface area contributed by atoms with Crippen molar-refractivity contribution in [2.45, 2.75) is 24.8 Å². The van der Waals surface area contributed by atoms with Gasteiger partial charge in [0.25, 0.3) is 0 Å². The molecule has 1 unspecified atom stereocenters. The zero-order valence-electron chi connectivity index (χ0n) is 7.09. The van der Waals surface area contributed by atoms with E-state index in [1.54, 1.807) is 0 Å². The van der Waals surface area contributed by atoms with Gasteiger partial charge in [-0.1, -0.05) is 0 Å². The van der Waals surface area contributed by atoms with E-state index in [2.05, 4.69) is 4.90 Å². The number of hydrogen-bond donors (Lipinski definition) is 1. The van der Waals surface area contributed by atoms with Crippen LogP contribution in [0, 0.1) is 0 Å². The van der Waals surface area contributed by atoms with Crippen molar-refractivity contribution >= 4 is 0 Å². The number of aliphatic hydroxyl groups is 1. The minimum absolute atomic E-state index is 0.0993. The monoisotopic (exact) mass is 171 g/mol. The lowest BCUT2D eigenvalue weighted by atomic mass is 9.94. The van der Waals surface area contributed by atoms with Gasteiger partial charge in [0.05, 0.1) is 12.9 Å².